The zero-order valence-corrected chi connectivity index (χ0v) is 14.2. The first-order valence-corrected chi connectivity index (χ1v) is 9.21. The van der Waals surface area contributed by atoms with Gasteiger partial charge >= 0.3 is 0 Å². The normalized spacial score (nSPS) is 32.0. The van der Waals surface area contributed by atoms with E-state index in [9.17, 15) is 0 Å². The molecule has 0 aliphatic carbocycles. The number of rotatable bonds is 4. The number of hydrogen-bond acceptors (Lipinski definition) is 5. The molecule has 5 heteroatoms. The standard InChI is InChI=1S/C16H29N3OS/c1-12(2)11-21-19-4-3-13-6-18(7-14(13)8-19)16-5-15(17)9-20-10-16/h12,15-16H,3-11,17H2,1-2H3. The average molecular weight is 311 g/mol. The van der Waals surface area contributed by atoms with Crippen molar-refractivity contribution in [1.82, 2.24) is 9.21 Å². The van der Waals surface area contributed by atoms with Gasteiger partial charge in [-0.05, 0) is 24.3 Å². The van der Waals surface area contributed by atoms with Gasteiger partial charge in [0.15, 0.2) is 0 Å². The van der Waals surface area contributed by atoms with Gasteiger partial charge in [0.1, 0.15) is 0 Å². The molecule has 2 N–H and O–H groups in total. The highest BCUT2D eigenvalue weighted by molar-refractivity contribution is 7.97. The van der Waals surface area contributed by atoms with Crippen LogP contribution >= 0.6 is 11.9 Å². The summed E-state index contributed by atoms with van der Waals surface area (Å²) in [6.45, 7) is 10.8. The van der Waals surface area contributed by atoms with Crippen molar-refractivity contribution in [3.05, 3.63) is 11.1 Å². The van der Waals surface area contributed by atoms with E-state index in [0.29, 0.717) is 6.04 Å². The summed E-state index contributed by atoms with van der Waals surface area (Å²) in [6, 6.07) is 0.746. The maximum Gasteiger partial charge on any atom is 0.0623 e. The molecule has 0 aromatic heterocycles. The predicted octanol–water partition coefficient (Wildman–Crippen LogP) is 1.72. The molecular weight excluding hydrogens is 282 g/mol. The van der Waals surface area contributed by atoms with Gasteiger partial charge in [0.25, 0.3) is 0 Å². The first-order valence-electron chi connectivity index (χ1n) is 8.27. The first-order chi connectivity index (χ1) is 10.1. The summed E-state index contributed by atoms with van der Waals surface area (Å²) >= 11 is 2.03. The fraction of sp³-hybridized carbons (Fsp3) is 0.875. The fourth-order valence-electron chi connectivity index (χ4n) is 3.46. The molecule has 0 amide bonds. The summed E-state index contributed by atoms with van der Waals surface area (Å²) in [5, 5.41) is 0. The Morgan fingerprint density at radius 2 is 2.05 bits per heavy atom. The highest BCUT2D eigenvalue weighted by Gasteiger charge is 2.33. The summed E-state index contributed by atoms with van der Waals surface area (Å²) < 4.78 is 8.21. The van der Waals surface area contributed by atoms with Crippen molar-refractivity contribution in [2.45, 2.75) is 38.8 Å². The molecule has 2 atom stereocenters. The fourth-order valence-corrected chi connectivity index (χ4v) is 4.43. The Bertz CT molecular complexity index is 399. The zero-order valence-electron chi connectivity index (χ0n) is 13.4. The van der Waals surface area contributed by atoms with Gasteiger partial charge < -0.3 is 10.5 Å². The average Bonchev–Trinajstić information content (AvgIpc) is 2.88. The van der Waals surface area contributed by atoms with E-state index in [-0.39, 0.29) is 6.04 Å². The van der Waals surface area contributed by atoms with E-state index in [2.05, 4.69) is 23.1 Å². The lowest BCUT2D eigenvalue weighted by Gasteiger charge is -2.34. The van der Waals surface area contributed by atoms with Crippen LogP contribution in [0.5, 0.6) is 0 Å². The molecule has 0 spiro atoms. The summed E-state index contributed by atoms with van der Waals surface area (Å²) in [7, 11) is 0. The molecule has 3 aliphatic heterocycles. The summed E-state index contributed by atoms with van der Waals surface area (Å²) in [4.78, 5) is 2.60. The van der Waals surface area contributed by atoms with E-state index in [1.54, 1.807) is 11.1 Å². The molecule has 1 fully saturated rings. The molecule has 2 unspecified atom stereocenters. The molecule has 21 heavy (non-hydrogen) atoms. The number of hydrogen-bond donors (Lipinski definition) is 1. The van der Waals surface area contributed by atoms with Crippen LogP contribution in [0.1, 0.15) is 26.7 Å². The maximum absolute atomic E-state index is 6.05. The lowest BCUT2D eigenvalue weighted by molar-refractivity contribution is 0.0162. The van der Waals surface area contributed by atoms with Crippen LogP contribution in [0.25, 0.3) is 0 Å². The van der Waals surface area contributed by atoms with Crippen molar-refractivity contribution in [2.75, 3.05) is 45.1 Å². The molecule has 4 nitrogen and oxygen atoms in total. The first kappa shape index (κ1) is 15.8. The van der Waals surface area contributed by atoms with Crippen LogP contribution in [0.2, 0.25) is 0 Å². The predicted molar refractivity (Wildman–Crippen MR) is 89.3 cm³/mol. The highest BCUT2D eigenvalue weighted by Crippen LogP contribution is 2.31. The number of nitrogens with zero attached hydrogens (tertiary/aromatic N) is 2. The Morgan fingerprint density at radius 1 is 1.24 bits per heavy atom. The van der Waals surface area contributed by atoms with E-state index >= 15 is 0 Å². The third-order valence-electron chi connectivity index (χ3n) is 4.64. The van der Waals surface area contributed by atoms with E-state index < -0.39 is 0 Å². The lowest BCUT2D eigenvalue weighted by atomic mass is 10.0. The molecule has 0 aromatic carbocycles. The van der Waals surface area contributed by atoms with Crippen molar-refractivity contribution in [2.24, 2.45) is 11.7 Å². The largest absolute Gasteiger partial charge is 0.378 e. The summed E-state index contributed by atoms with van der Waals surface area (Å²) in [5.41, 5.74) is 9.41. The molecule has 0 aromatic rings. The van der Waals surface area contributed by atoms with Crippen LogP contribution in [0.3, 0.4) is 0 Å². The van der Waals surface area contributed by atoms with Crippen molar-refractivity contribution >= 4 is 11.9 Å². The molecular formula is C16H29N3OS. The topological polar surface area (TPSA) is 41.7 Å². The minimum Gasteiger partial charge on any atom is -0.378 e. The Balaban J connectivity index is 1.51. The van der Waals surface area contributed by atoms with E-state index in [1.165, 1.54) is 18.7 Å². The van der Waals surface area contributed by atoms with Crippen LogP contribution in [-0.4, -0.2) is 66.4 Å². The molecule has 0 bridgehead atoms. The van der Waals surface area contributed by atoms with Crippen molar-refractivity contribution in [3.63, 3.8) is 0 Å². The van der Waals surface area contributed by atoms with Gasteiger partial charge in [-0.25, -0.2) is 4.31 Å². The molecule has 120 valence electrons. The molecule has 0 radical (unpaired) electrons. The minimum atomic E-state index is 0.222. The monoisotopic (exact) mass is 311 g/mol. The van der Waals surface area contributed by atoms with Gasteiger partial charge in [0, 0.05) is 44.0 Å². The van der Waals surface area contributed by atoms with Gasteiger partial charge in [-0.3, -0.25) is 4.90 Å². The van der Waals surface area contributed by atoms with E-state index in [1.807, 2.05) is 11.9 Å². The van der Waals surface area contributed by atoms with Crippen LogP contribution in [0, 0.1) is 5.92 Å². The molecule has 3 aliphatic rings. The van der Waals surface area contributed by atoms with Gasteiger partial charge in [-0.15, -0.1) is 0 Å². The molecule has 1 saturated heterocycles. The smallest absolute Gasteiger partial charge is 0.0623 e. The van der Waals surface area contributed by atoms with E-state index in [0.717, 1.165) is 45.2 Å². The Labute approximate surface area is 133 Å². The Hall–Kier alpha value is -0.0700. The molecule has 0 saturated carbocycles. The molecule has 3 rings (SSSR count). The van der Waals surface area contributed by atoms with Crippen LogP contribution in [0.4, 0.5) is 0 Å². The van der Waals surface area contributed by atoms with Crippen molar-refractivity contribution in [3.8, 4) is 0 Å². The third kappa shape index (κ3) is 4.02. The number of nitrogens with two attached hydrogens (primary N) is 1. The maximum atomic E-state index is 6.05. The quantitative estimate of drug-likeness (QED) is 0.632. The van der Waals surface area contributed by atoms with Crippen LogP contribution < -0.4 is 5.73 Å². The van der Waals surface area contributed by atoms with E-state index in [4.69, 9.17) is 10.5 Å². The summed E-state index contributed by atoms with van der Waals surface area (Å²) in [6.07, 6.45) is 2.34. The van der Waals surface area contributed by atoms with Crippen LogP contribution in [-0.2, 0) is 4.74 Å². The SMILES string of the molecule is CC(C)CSN1CCC2=C(C1)CN(C1COCC(N)C1)C2. The van der Waals surface area contributed by atoms with Crippen LogP contribution in [0.15, 0.2) is 11.1 Å². The number of ether oxygens (including phenoxy) is 1. The van der Waals surface area contributed by atoms with Gasteiger partial charge in [-0.2, -0.15) is 0 Å². The minimum absolute atomic E-state index is 0.222. The van der Waals surface area contributed by atoms with Crippen molar-refractivity contribution in [1.29, 1.82) is 0 Å². The Morgan fingerprint density at radius 3 is 2.81 bits per heavy atom. The summed E-state index contributed by atoms with van der Waals surface area (Å²) in [5.74, 6) is 2.00. The zero-order chi connectivity index (χ0) is 14.8. The molecule has 3 heterocycles. The second-order valence-electron chi connectivity index (χ2n) is 7.10. The van der Waals surface area contributed by atoms with Gasteiger partial charge in [-0.1, -0.05) is 31.4 Å². The second-order valence-corrected chi connectivity index (χ2v) is 8.21. The third-order valence-corrected chi connectivity index (χ3v) is 6.13. The van der Waals surface area contributed by atoms with Gasteiger partial charge in [0.2, 0.25) is 0 Å². The Kier molecular flexibility index (Phi) is 5.27. The lowest BCUT2D eigenvalue weighted by Crippen LogP contribution is -2.47. The van der Waals surface area contributed by atoms with Crippen molar-refractivity contribution < 1.29 is 4.74 Å². The van der Waals surface area contributed by atoms with Gasteiger partial charge in [0.05, 0.1) is 13.2 Å². The highest BCUT2D eigenvalue weighted by atomic mass is 32.2. The second kappa shape index (κ2) is 7.01.